The van der Waals surface area contributed by atoms with Crippen molar-refractivity contribution < 1.29 is 18.4 Å². The lowest BCUT2D eigenvalue weighted by Crippen LogP contribution is -2.56. The van der Waals surface area contributed by atoms with Crippen LogP contribution in [0.5, 0.6) is 0 Å². The number of nitriles is 1. The number of hydrogen-bond acceptors (Lipinski definition) is 3. The van der Waals surface area contributed by atoms with Crippen molar-refractivity contribution >= 4 is 11.9 Å². The number of nitrogens with one attached hydrogen (secondary N) is 2. The summed E-state index contributed by atoms with van der Waals surface area (Å²) in [5.74, 6) is -3.81. The van der Waals surface area contributed by atoms with Crippen molar-refractivity contribution in [3.8, 4) is 6.07 Å². The fourth-order valence-corrected chi connectivity index (χ4v) is 3.49. The SMILES string of the molecule is CC(F)(F)C[C@H](NC(=O)N1CCCC2(CC2)C1)C(=O)NC1(C#N)CC1. The first-order valence-corrected chi connectivity index (χ1v) is 8.83. The van der Waals surface area contributed by atoms with E-state index in [9.17, 15) is 18.4 Å². The van der Waals surface area contributed by atoms with E-state index in [1.165, 1.54) is 0 Å². The molecule has 2 N–H and O–H groups in total. The molecule has 1 heterocycles. The number of amides is 3. The Morgan fingerprint density at radius 2 is 1.96 bits per heavy atom. The van der Waals surface area contributed by atoms with Gasteiger partial charge in [-0.1, -0.05) is 0 Å². The number of piperidine rings is 1. The molecule has 0 aromatic rings. The Morgan fingerprint density at radius 1 is 1.28 bits per heavy atom. The van der Waals surface area contributed by atoms with Gasteiger partial charge in [-0.05, 0) is 50.9 Å². The summed E-state index contributed by atoms with van der Waals surface area (Å²) in [5.41, 5.74) is -0.743. The van der Waals surface area contributed by atoms with E-state index in [4.69, 9.17) is 5.26 Å². The van der Waals surface area contributed by atoms with Crippen LogP contribution in [-0.4, -0.2) is 47.4 Å². The van der Waals surface area contributed by atoms with E-state index < -0.39 is 35.9 Å². The van der Waals surface area contributed by atoms with Gasteiger partial charge in [-0.25, -0.2) is 13.6 Å². The summed E-state index contributed by atoms with van der Waals surface area (Å²) in [6.45, 7) is 1.92. The smallest absolute Gasteiger partial charge is 0.318 e. The first-order valence-electron chi connectivity index (χ1n) is 8.83. The normalized spacial score (nSPS) is 24.2. The number of nitrogens with zero attached hydrogens (tertiary/aromatic N) is 2. The summed E-state index contributed by atoms with van der Waals surface area (Å²) < 4.78 is 27.0. The summed E-state index contributed by atoms with van der Waals surface area (Å²) in [7, 11) is 0. The summed E-state index contributed by atoms with van der Waals surface area (Å²) in [5, 5.41) is 14.0. The molecule has 0 unspecified atom stereocenters. The average Bonchev–Trinajstić information content (AvgIpc) is 3.45. The third-order valence-electron chi connectivity index (χ3n) is 5.41. The van der Waals surface area contributed by atoms with Gasteiger partial charge in [0.1, 0.15) is 11.6 Å². The van der Waals surface area contributed by atoms with Gasteiger partial charge in [-0.3, -0.25) is 4.79 Å². The van der Waals surface area contributed by atoms with Crippen LogP contribution in [0.4, 0.5) is 13.6 Å². The zero-order valence-electron chi connectivity index (χ0n) is 14.4. The van der Waals surface area contributed by atoms with Gasteiger partial charge in [0.25, 0.3) is 0 Å². The number of urea groups is 1. The van der Waals surface area contributed by atoms with E-state index in [2.05, 4.69) is 10.6 Å². The number of halogens is 2. The lowest BCUT2D eigenvalue weighted by molar-refractivity contribution is -0.126. The first kappa shape index (κ1) is 17.9. The maximum atomic E-state index is 13.5. The maximum absolute atomic E-state index is 13.5. The van der Waals surface area contributed by atoms with Crippen LogP contribution < -0.4 is 10.6 Å². The second-order valence-corrected chi connectivity index (χ2v) is 7.98. The molecular formula is C17H24F2N4O2. The van der Waals surface area contributed by atoms with Gasteiger partial charge in [0, 0.05) is 19.5 Å². The number of hydrogen-bond donors (Lipinski definition) is 2. The molecule has 3 fully saturated rings. The molecule has 0 radical (unpaired) electrons. The third kappa shape index (κ3) is 4.39. The highest BCUT2D eigenvalue weighted by Crippen LogP contribution is 2.52. The molecule has 6 nitrogen and oxygen atoms in total. The number of alkyl halides is 2. The van der Waals surface area contributed by atoms with Crippen LogP contribution in [0.2, 0.25) is 0 Å². The second kappa shape index (κ2) is 6.11. The molecule has 1 aliphatic heterocycles. The molecule has 1 saturated heterocycles. The zero-order valence-corrected chi connectivity index (χ0v) is 14.4. The summed E-state index contributed by atoms with van der Waals surface area (Å²) in [6.07, 6.45) is 4.41. The molecule has 0 aromatic heterocycles. The van der Waals surface area contributed by atoms with Crippen LogP contribution in [0, 0.1) is 16.7 Å². The minimum atomic E-state index is -3.10. The molecule has 138 valence electrons. The predicted molar refractivity (Wildman–Crippen MR) is 85.8 cm³/mol. The van der Waals surface area contributed by atoms with Gasteiger partial charge >= 0.3 is 6.03 Å². The molecule has 1 atom stereocenters. The molecular weight excluding hydrogens is 330 g/mol. The minimum Gasteiger partial charge on any atom is -0.336 e. The van der Waals surface area contributed by atoms with E-state index in [1.807, 2.05) is 6.07 Å². The zero-order chi connectivity index (χ0) is 18.3. The monoisotopic (exact) mass is 354 g/mol. The predicted octanol–water partition coefficient (Wildman–Crippen LogP) is 2.16. The molecule has 0 aromatic carbocycles. The van der Waals surface area contributed by atoms with Gasteiger partial charge in [0.15, 0.2) is 0 Å². The van der Waals surface area contributed by atoms with Crippen molar-refractivity contribution in [1.82, 2.24) is 15.5 Å². The highest BCUT2D eigenvalue weighted by molar-refractivity contribution is 5.88. The lowest BCUT2D eigenvalue weighted by atomic mass is 9.95. The highest BCUT2D eigenvalue weighted by atomic mass is 19.3. The van der Waals surface area contributed by atoms with Crippen molar-refractivity contribution in [3.05, 3.63) is 0 Å². The quantitative estimate of drug-likeness (QED) is 0.793. The number of carbonyl (C=O) groups excluding carboxylic acids is 2. The minimum absolute atomic E-state index is 0.209. The summed E-state index contributed by atoms with van der Waals surface area (Å²) >= 11 is 0. The topological polar surface area (TPSA) is 85.2 Å². The van der Waals surface area contributed by atoms with E-state index in [1.54, 1.807) is 4.90 Å². The van der Waals surface area contributed by atoms with Crippen LogP contribution in [-0.2, 0) is 4.79 Å². The Hall–Kier alpha value is -1.91. The van der Waals surface area contributed by atoms with Gasteiger partial charge < -0.3 is 15.5 Å². The van der Waals surface area contributed by atoms with Gasteiger partial charge in [-0.2, -0.15) is 5.26 Å². The Bertz CT molecular complexity index is 603. The van der Waals surface area contributed by atoms with Gasteiger partial charge in [-0.15, -0.1) is 0 Å². The van der Waals surface area contributed by atoms with Crippen molar-refractivity contribution in [2.45, 2.75) is 69.4 Å². The van der Waals surface area contributed by atoms with Gasteiger partial charge in [0.2, 0.25) is 11.8 Å². The van der Waals surface area contributed by atoms with Gasteiger partial charge in [0.05, 0.1) is 6.07 Å². The molecule has 1 spiro atoms. The molecule has 2 saturated carbocycles. The van der Waals surface area contributed by atoms with Crippen LogP contribution in [0.25, 0.3) is 0 Å². The van der Waals surface area contributed by atoms with Crippen molar-refractivity contribution in [2.24, 2.45) is 5.41 Å². The third-order valence-corrected chi connectivity index (χ3v) is 5.41. The fraction of sp³-hybridized carbons (Fsp3) is 0.824. The average molecular weight is 354 g/mol. The number of likely N-dealkylation sites (tertiary alicyclic amines) is 1. The Balaban J connectivity index is 1.63. The second-order valence-electron chi connectivity index (χ2n) is 7.98. The molecule has 2 aliphatic carbocycles. The fourth-order valence-electron chi connectivity index (χ4n) is 3.49. The highest BCUT2D eigenvalue weighted by Gasteiger charge is 2.48. The van der Waals surface area contributed by atoms with Crippen molar-refractivity contribution in [3.63, 3.8) is 0 Å². The van der Waals surface area contributed by atoms with Crippen molar-refractivity contribution in [1.29, 1.82) is 5.26 Å². The van der Waals surface area contributed by atoms with Crippen LogP contribution in [0.15, 0.2) is 0 Å². The van der Waals surface area contributed by atoms with E-state index in [-0.39, 0.29) is 5.41 Å². The number of rotatable bonds is 5. The molecule has 3 aliphatic rings. The molecule has 3 amide bonds. The molecule has 3 rings (SSSR count). The van der Waals surface area contributed by atoms with E-state index >= 15 is 0 Å². The molecule has 0 bridgehead atoms. The Morgan fingerprint density at radius 3 is 2.48 bits per heavy atom. The Kier molecular flexibility index (Phi) is 4.38. The molecule has 25 heavy (non-hydrogen) atoms. The lowest BCUT2D eigenvalue weighted by Gasteiger charge is -2.34. The number of carbonyl (C=O) groups is 2. The summed E-state index contributed by atoms with van der Waals surface area (Å²) in [6, 6.07) is 0.168. The van der Waals surface area contributed by atoms with Crippen LogP contribution >= 0.6 is 0 Å². The van der Waals surface area contributed by atoms with Crippen molar-refractivity contribution in [2.75, 3.05) is 13.1 Å². The molecule has 8 heteroatoms. The van der Waals surface area contributed by atoms with E-state index in [0.29, 0.717) is 25.9 Å². The largest absolute Gasteiger partial charge is 0.336 e. The Labute approximate surface area is 145 Å². The first-order chi connectivity index (χ1) is 11.7. The van der Waals surface area contributed by atoms with Crippen LogP contribution in [0.3, 0.4) is 0 Å². The van der Waals surface area contributed by atoms with Crippen LogP contribution in [0.1, 0.15) is 51.9 Å². The standard InChI is InChI=1S/C17H24F2N4O2/c1-15(18,19)9-12(13(24)22-17(10-20)6-7-17)21-14(25)23-8-2-3-16(11-23)4-5-16/h12H,2-9,11H2,1H3,(H,21,25)(H,22,24)/t12-/m0/s1. The maximum Gasteiger partial charge on any atom is 0.318 e. The van der Waals surface area contributed by atoms with E-state index in [0.717, 1.165) is 32.6 Å². The summed E-state index contributed by atoms with van der Waals surface area (Å²) in [4.78, 5) is 26.5.